The lowest BCUT2D eigenvalue weighted by Gasteiger charge is -2.19. The van der Waals surface area contributed by atoms with Gasteiger partial charge in [0.15, 0.2) is 0 Å². The molecule has 90 valence electrons. The fraction of sp³-hybridized carbons (Fsp3) is 0.500. The molecule has 1 N–H and O–H groups in total. The third-order valence-corrected chi connectivity index (χ3v) is 2.92. The number of likely N-dealkylation sites (N-methyl/N-ethyl adjacent to an activating group) is 1. The molecule has 0 spiro atoms. The number of rotatable bonds is 7. The minimum Gasteiger partial charge on any atom is -0.486 e. The first kappa shape index (κ1) is 13.4. The van der Waals surface area contributed by atoms with Crippen LogP contribution in [0.5, 0.6) is 5.75 Å². The topological polar surface area (TPSA) is 30.5 Å². The SMILES string of the molecule is CNCC(COC)Oc1ccccc1SC. The van der Waals surface area contributed by atoms with Gasteiger partial charge in [-0.05, 0) is 25.4 Å². The average Bonchev–Trinajstić information content (AvgIpc) is 2.30. The van der Waals surface area contributed by atoms with Gasteiger partial charge in [-0.1, -0.05) is 12.1 Å². The van der Waals surface area contributed by atoms with E-state index in [1.807, 2.05) is 31.5 Å². The highest BCUT2D eigenvalue weighted by Gasteiger charge is 2.11. The van der Waals surface area contributed by atoms with Crippen LogP contribution >= 0.6 is 11.8 Å². The molecule has 0 radical (unpaired) electrons. The summed E-state index contributed by atoms with van der Waals surface area (Å²) in [6.45, 7) is 1.36. The van der Waals surface area contributed by atoms with Gasteiger partial charge in [0, 0.05) is 18.6 Å². The summed E-state index contributed by atoms with van der Waals surface area (Å²) in [5.74, 6) is 0.923. The fourth-order valence-electron chi connectivity index (χ4n) is 1.44. The van der Waals surface area contributed by atoms with Crippen LogP contribution < -0.4 is 10.1 Å². The molecule has 0 aliphatic carbocycles. The number of para-hydroxylation sites is 1. The normalized spacial score (nSPS) is 12.4. The summed E-state index contributed by atoms with van der Waals surface area (Å²) in [5.41, 5.74) is 0. The number of hydrogen-bond acceptors (Lipinski definition) is 4. The summed E-state index contributed by atoms with van der Waals surface area (Å²) >= 11 is 1.69. The van der Waals surface area contributed by atoms with E-state index in [1.165, 1.54) is 0 Å². The zero-order valence-corrected chi connectivity index (χ0v) is 10.8. The van der Waals surface area contributed by atoms with E-state index >= 15 is 0 Å². The summed E-state index contributed by atoms with van der Waals surface area (Å²) in [6, 6.07) is 8.05. The highest BCUT2D eigenvalue weighted by Crippen LogP contribution is 2.27. The highest BCUT2D eigenvalue weighted by molar-refractivity contribution is 7.98. The fourth-order valence-corrected chi connectivity index (χ4v) is 1.98. The van der Waals surface area contributed by atoms with Crippen molar-refractivity contribution in [3.8, 4) is 5.75 Å². The third kappa shape index (κ3) is 4.04. The lowest BCUT2D eigenvalue weighted by atomic mass is 10.3. The minimum atomic E-state index is 0.0447. The molecule has 1 aromatic rings. The monoisotopic (exact) mass is 241 g/mol. The summed E-state index contributed by atoms with van der Waals surface area (Å²) in [5, 5.41) is 3.10. The molecule has 0 saturated heterocycles. The van der Waals surface area contributed by atoms with Gasteiger partial charge in [-0.3, -0.25) is 0 Å². The van der Waals surface area contributed by atoms with Crippen LogP contribution in [-0.2, 0) is 4.74 Å². The van der Waals surface area contributed by atoms with E-state index in [1.54, 1.807) is 18.9 Å². The standard InChI is InChI=1S/C12H19NO2S/c1-13-8-10(9-14-2)15-11-6-4-5-7-12(11)16-3/h4-7,10,13H,8-9H2,1-3H3. The highest BCUT2D eigenvalue weighted by atomic mass is 32.2. The van der Waals surface area contributed by atoms with E-state index < -0.39 is 0 Å². The van der Waals surface area contributed by atoms with Crippen LogP contribution in [0.3, 0.4) is 0 Å². The predicted octanol–water partition coefficient (Wildman–Crippen LogP) is 2.02. The molecule has 1 atom stereocenters. The summed E-state index contributed by atoms with van der Waals surface area (Å²) in [7, 11) is 3.60. The lowest BCUT2D eigenvalue weighted by Crippen LogP contribution is -2.33. The summed E-state index contributed by atoms with van der Waals surface area (Å²) in [4.78, 5) is 1.15. The van der Waals surface area contributed by atoms with Crippen LogP contribution in [0, 0.1) is 0 Å². The molecule has 3 nitrogen and oxygen atoms in total. The van der Waals surface area contributed by atoms with Crippen molar-refractivity contribution in [3.63, 3.8) is 0 Å². The van der Waals surface area contributed by atoms with Crippen molar-refractivity contribution in [1.29, 1.82) is 0 Å². The van der Waals surface area contributed by atoms with Crippen LogP contribution in [0.15, 0.2) is 29.2 Å². The Bertz CT molecular complexity index is 301. The van der Waals surface area contributed by atoms with Crippen LogP contribution in [-0.4, -0.2) is 39.7 Å². The zero-order chi connectivity index (χ0) is 11.8. The van der Waals surface area contributed by atoms with E-state index in [4.69, 9.17) is 9.47 Å². The van der Waals surface area contributed by atoms with E-state index in [-0.39, 0.29) is 6.10 Å². The molecular formula is C12H19NO2S. The number of methoxy groups -OCH3 is 1. The van der Waals surface area contributed by atoms with Crippen molar-refractivity contribution in [2.24, 2.45) is 0 Å². The van der Waals surface area contributed by atoms with Gasteiger partial charge in [0.25, 0.3) is 0 Å². The van der Waals surface area contributed by atoms with E-state index in [2.05, 4.69) is 11.4 Å². The van der Waals surface area contributed by atoms with Gasteiger partial charge in [-0.15, -0.1) is 11.8 Å². The van der Waals surface area contributed by atoms with E-state index in [0.717, 1.165) is 17.2 Å². The first-order chi connectivity index (χ1) is 7.81. The van der Waals surface area contributed by atoms with E-state index in [9.17, 15) is 0 Å². The summed E-state index contributed by atoms with van der Waals surface area (Å²) in [6.07, 6.45) is 2.09. The Morgan fingerprint density at radius 2 is 2.12 bits per heavy atom. The van der Waals surface area contributed by atoms with Crippen molar-refractivity contribution in [2.45, 2.75) is 11.0 Å². The predicted molar refractivity (Wildman–Crippen MR) is 68.4 cm³/mol. The Kier molecular flexibility index (Phi) is 6.30. The zero-order valence-electron chi connectivity index (χ0n) is 10.0. The first-order valence-corrected chi connectivity index (χ1v) is 6.47. The maximum atomic E-state index is 5.91. The van der Waals surface area contributed by atoms with Gasteiger partial charge in [0.1, 0.15) is 11.9 Å². The van der Waals surface area contributed by atoms with Crippen molar-refractivity contribution >= 4 is 11.8 Å². The maximum Gasteiger partial charge on any atom is 0.134 e. The van der Waals surface area contributed by atoms with Gasteiger partial charge < -0.3 is 14.8 Å². The van der Waals surface area contributed by atoms with Crippen LogP contribution in [0.2, 0.25) is 0 Å². The third-order valence-electron chi connectivity index (χ3n) is 2.15. The van der Waals surface area contributed by atoms with Gasteiger partial charge in [0.05, 0.1) is 6.61 Å². The van der Waals surface area contributed by atoms with Gasteiger partial charge in [0.2, 0.25) is 0 Å². The first-order valence-electron chi connectivity index (χ1n) is 5.25. The molecular weight excluding hydrogens is 222 g/mol. The molecule has 1 aromatic carbocycles. The Balaban J connectivity index is 2.67. The Morgan fingerprint density at radius 1 is 1.38 bits per heavy atom. The lowest BCUT2D eigenvalue weighted by molar-refractivity contribution is 0.0800. The molecule has 0 aromatic heterocycles. The number of thioether (sulfide) groups is 1. The van der Waals surface area contributed by atoms with Crippen molar-refractivity contribution < 1.29 is 9.47 Å². The van der Waals surface area contributed by atoms with Crippen LogP contribution in [0.4, 0.5) is 0 Å². The second kappa shape index (κ2) is 7.54. The molecule has 16 heavy (non-hydrogen) atoms. The summed E-state index contributed by atoms with van der Waals surface area (Å²) < 4.78 is 11.0. The molecule has 0 aliphatic heterocycles. The largest absolute Gasteiger partial charge is 0.486 e. The van der Waals surface area contributed by atoms with Gasteiger partial charge in [-0.25, -0.2) is 0 Å². The molecule has 4 heteroatoms. The van der Waals surface area contributed by atoms with Crippen molar-refractivity contribution in [2.75, 3.05) is 33.6 Å². The quantitative estimate of drug-likeness (QED) is 0.740. The van der Waals surface area contributed by atoms with Gasteiger partial charge in [-0.2, -0.15) is 0 Å². The Hall–Kier alpha value is -0.710. The number of ether oxygens (including phenoxy) is 2. The molecule has 0 aliphatic rings. The molecule has 0 heterocycles. The number of hydrogen-bond donors (Lipinski definition) is 1. The Labute approximate surface area is 102 Å². The average molecular weight is 241 g/mol. The molecule has 0 saturated carbocycles. The number of benzene rings is 1. The second-order valence-electron chi connectivity index (χ2n) is 3.40. The maximum absolute atomic E-state index is 5.91. The van der Waals surface area contributed by atoms with Crippen LogP contribution in [0.1, 0.15) is 0 Å². The molecule has 0 bridgehead atoms. The second-order valence-corrected chi connectivity index (χ2v) is 4.25. The Morgan fingerprint density at radius 3 is 2.75 bits per heavy atom. The van der Waals surface area contributed by atoms with Crippen molar-refractivity contribution in [3.05, 3.63) is 24.3 Å². The smallest absolute Gasteiger partial charge is 0.134 e. The van der Waals surface area contributed by atoms with E-state index in [0.29, 0.717) is 6.61 Å². The minimum absolute atomic E-state index is 0.0447. The molecule has 1 rings (SSSR count). The molecule has 1 unspecified atom stereocenters. The number of nitrogens with one attached hydrogen (secondary N) is 1. The molecule has 0 fully saturated rings. The van der Waals surface area contributed by atoms with Gasteiger partial charge >= 0.3 is 0 Å². The van der Waals surface area contributed by atoms with Crippen molar-refractivity contribution in [1.82, 2.24) is 5.32 Å². The van der Waals surface area contributed by atoms with Crippen LogP contribution in [0.25, 0.3) is 0 Å². The molecule has 0 amide bonds.